The van der Waals surface area contributed by atoms with Gasteiger partial charge in [0.25, 0.3) is 5.91 Å². The highest BCUT2D eigenvalue weighted by Crippen LogP contribution is 2.44. The van der Waals surface area contributed by atoms with Crippen molar-refractivity contribution in [3.05, 3.63) is 90.5 Å². The average Bonchev–Trinajstić information content (AvgIpc) is 2.74. The molecule has 0 aromatic heterocycles. The maximum absolute atomic E-state index is 13.0. The van der Waals surface area contributed by atoms with Gasteiger partial charge in [0.05, 0.1) is 5.69 Å². The molecule has 1 fully saturated rings. The first kappa shape index (κ1) is 17.4. The Morgan fingerprint density at radius 1 is 0.828 bits per heavy atom. The predicted molar refractivity (Wildman–Crippen MR) is 114 cm³/mol. The molecule has 5 rings (SSSR count). The molecule has 1 aliphatic rings. The van der Waals surface area contributed by atoms with E-state index in [0.29, 0.717) is 0 Å². The molecule has 4 aromatic rings. The maximum atomic E-state index is 13.0. The largest absolute Gasteiger partial charge is 0.450 e. The van der Waals surface area contributed by atoms with Gasteiger partial charge in [-0.05, 0) is 39.9 Å². The molecule has 0 N–H and O–H groups in total. The average molecular weight is 381 g/mol. The van der Waals surface area contributed by atoms with Gasteiger partial charge in [-0.2, -0.15) is 0 Å². The molecule has 0 spiro atoms. The topological polar surface area (TPSA) is 46.6 Å². The minimum Gasteiger partial charge on any atom is -0.450 e. The van der Waals surface area contributed by atoms with Crippen molar-refractivity contribution in [3.8, 4) is 0 Å². The minimum absolute atomic E-state index is 0.199. The number of hydrogen-bond acceptors (Lipinski definition) is 3. The molecule has 0 bridgehead atoms. The Labute approximate surface area is 168 Å². The van der Waals surface area contributed by atoms with Crippen molar-refractivity contribution in [2.45, 2.75) is 19.1 Å². The van der Waals surface area contributed by atoms with Crippen molar-refractivity contribution in [2.24, 2.45) is 0 Å². The minimum atomic E-state index is -0.800. The third-order valence-corrected chi connectivity index (χ3v) is 5.46. The lowest BCUT2D eigenvalue weighted by Crippen LogP contribution is -2.60. The van der Waals surface area contributed by atoms with Gasteiger partial charge in [0, 0.05) is 12.3 Å². The Balaban J connectivity index is 1.67. The number of ether oxygens (including phenoxy) is 1. The summed E-state index contributed by atoms with van der Waals surface area (Å²) in [5.74, 6) is -0.650. The Morgan fingerprint density at radius 3 is 2.21 bits per heavy atom. The number of benzene rings is 4. The van der Waals surface area contributed by atoms with Crippen LogP contribution in [0.2, 0.25) is 0 Å². The predicted octanol–water partition coefficient (Wildman–Crippen LogP) is 5.01. The van der Waals surface area contributed by atoms with Gasteiger partial charge in [-0.25, -0.2) is 0 Å². The van der Waals surface area contributed by atoms with Gasteiger partial charge >= 0.3 is 5.97 Å². The summed E-state index contributed by atoms with van der Waals surface area (Å²) in [6, 6.07) is 27.8. The first-order valence-corrected chi connectivity index (χ1v) is 9.60. The number of nitrogens with zero attached hydrogens (tertiary/aromatic N) is 1. The molecule has 0 aliphatic carbocycles. The number of anilines is 1. The number of carbonyl (C=O) groups is 2. The Bertz CT molecular complexity index is 1250. The fourth-order valence-electron chi connectivity index (χ4n) is 4.16. The normalized spacial score (nSPS) is 18.7. The number of esters is 1. The van der Waals surface area contributed by atoms with E-state index >= 15 is 0 Å². The summed E-state index contributed by atoms with van der Waals surface area (Å²) in [6.07, 6.45) is -0.800. The van der Waals surface area contributed by atoms with Crippen LogP contribution in [0.3, 0.4) is 0 Å². The summed E-state index contributed by atoms with van der Waals surface area (Å²) in [5.41, 5.74) is 1.77. The lowest BCUT2D eigenvalue weighted by atomic mass is 9.88. The monoisotopic (exact) mass is 381 g/mol. The molecular formula is C25H19NO3. The number of amides is 1. The van der Waals surface area contributed by atoms with Crippen LogP contribution in [-0.4, -0.2) is 18.0 Å². The number of rotatable bonds is 3. The van der Waals surface area contributed by atoms with E-state index in [1.54, 1.807) is 4.90 Å². The Hall–Kier alpha value is -3.66. The van der Waals surface area contributed by atoms with Crippen LogP contribution in [0.1, 0.15) is 18.5 Å². The Kier molecular flexibility index (Phi) is 4.06. The van der Waals surface area contributed by atoms with E-state index in [2.05, 4.69) is 30.3 Å². The van der Waals surface area contributed by atoms with E-state index in [0.717, 1.165) is 32.8 Å². The van der Waals surface area contributed by atoms with Crippen LogP contribution in [0.15, 0.2) is 84.9 Å². The van der Waals surface area contributed by atoms with Crippen LogP contribution in [0.25, 0.3) is 21.5 Å². The van der Waals surface area contributed by atoms with E-state index in [4.69, 9.17) is 4.74 Å². The lowest BCUT2D eigenvalue weighted by molar-refractivity contribution is -0.160. The highest BCUT2D eigenvalue weighted by Gasteiger charge is 2.51. The molecule has 0 saturated carbocycles. The molecule has 0 radical (unpaired) electrons. The van der Waals surface area contributed by atoms with Crippen LogP contribution in [-0.2, 0) is 14.3 Å². The zero-order chi connectivity index (χ0) is 20.0. The number of fused-ring (bicyclic) bond motifs is 2. The summed E-state index contributed by atoms with van der Waals surface area (Å²) in [5, 5.41) is 4.34. The number of hydrogen-bond donors (Lipinski definition) is 0. The van der Waals surface area contributed by atoms with Gasteiger partial charge in [-0.15, -0.1) is 0 Å². The van der Waals surface area contributed by atoms with Crippen molar-refractivity contribution < 1.29 is 14.3 Å². The fourth-order valence-corrected chi connectivity index (χ4v) is 4.16. The smallest absolute Gasteiger partial charge is 0.303 e. The number of β-lactam (4-membered cyclic amide) rings is 1. The lowest BCUT2D eigenvalue weighted by Gasteiger charge is -2.46. The van der Waals surface area contributed by atoms with Crippen LogP contribution >= 0.6 is 0 Å². The second-order valence-corrected chi connectivity index (χ2v) is 7.29. The van der Waals surface area contributed by atoms with Crippen LogP contribution in [0.5, 0.6) is 0 Å². The van der Waals surface area contributed by atoms with E-state index in [1.165, 1.54) is 6.92 Å². The second-order valence-electron chi connectivity index (χ2n) is 7.29. The van der Waals surface area contributed by atoms with Crippen molar-refractivity contribution in [2.75, 3.05) is 4.90 Å². The maximum Gasteiger partial charge on any atom is 0.303 e. The molecule has 29 heavy (non-hydrogen) atoms. The summed E-state index contributed by atoms with van der Waals surface area (Å²) in [6.45, 7) is 1.34. The quantitative estimate of drug-likeness (QED) is 0.285. The summed E-state index contributed by atoms with van der Waals surface area (Å²) < 4.78 is 5.37. The van der Waals surface area contributed by atoms with Gasteiger partial charge in [-0.3, -0.25) is 14.5 Å². The van der Waals surface area contributed by atoms with Gasteiger partial charge in [0.15, 0.2) is 0 Å². The van der Waals surface area contributed by atoms with E-state index in [1.807, 2.05) is 54.6 Å². The van der Waals surface area contributed by atoms with Crippen molar-refractivity contribution in [3.63, 3.8) is 0 Å². The fraction of sp³-hybridized carbons (Fsp3) is 0.120. The van der Waals surface area contributed by atoms with Gasteiger partial charge in [0.1, 0.15) is 6.04 Å². The van der Waals surface area contributed by atoms with E-state index in [9.17, 15) is 9.59 Å². The SMILES string of the molecule is CC(=O)OC1C(=O)N(c2cccc3cc4ccccc4cc23)[C@@H]1c1ccccc1. The molecule has 1 amide bonds. The molecular weight excluding hydrogens is 362 g/mol. The zero-order valence-corrected chi connectivity index (χ0v) is 15.9. The molecule has 1 aliphatic heterocycles. The van der Waals surface area contributed by atoms with E-state index in [-0.39, 0.29) is 11.9 Å². The summed E-state index contributed by atoms with van der Waals surface area (Å²) in [7, 11) is 0. The summed E-state index contributed by atoms with van der Waals surface area (Å²) in [4.78, 5) is 26.4. The molecule has 1 heterocycles. The van der Waals surface area contributed by atoms with Crippen molar-refractivity contribution >= 4 is 39.1 Å². The van der Waals surface area contributed by atoms with Crippen LogP contribution < -0.4 is 4.90 Å². The first-order valence-electron chi connectivity index (χ1n) is 9.60. The van der Waals surface area contributed by atoms with Crippen LogP contribution in [0, 0.1) is 0 Å². The molecule has 1 saturated heterocycles. The molecule has 4 heteroatoms. The van der Waals surface area contributed by atoms with Gasteiger partial charge < -0.3 is 4.74 Å². The Morgan fingerprint density at radius 2 is 1.48 bits per heavy atom. The second kappa shape index (κ2) is 6.74. The standard InChI is InChI=1S/C25H19NO3/c1-16(27)29-24-23(17-8-3-2-4-9-17)26(25(24)28)22-13-7-12-20-14-18-10-5-6-11-19(18)15-21(20)22/h2-15,23-24H,1H3/t23-,24?/m1/s1. The molecule has 1 unspecified atom stereocenters. The van der Waals surface area contributed by atoms with E-state index < -0.39 is 12.1 Å². The van der Waals surface area contributed by atoms with Gasteiger partial charge in [0.2, 0.25) is 6.10 Å². The third kappa shape index (κ3) is 2.85. The highest BCUT2D eigenvalue weighted by atomic mass is 16.6. The highest BCUT2D eigenvalue weighted by molar-refractivity contribution is 6.13. The van der Waals surface area contributed by atoms with Crippen molar-refractivity contribution in [1.29, 1.82) is 0 Å². The third-order valence-electron chi connectivity index (χ3n) is 5.46. The molecule has 4 aromatic carbocycles. The molecule has 2 atom stereocenters. The van der Waals surface area contributed by atoms with Crippen LogP contribution in [0.4, 0.5) is 5.69 Å². The first-order chi connectivity index (χ1) is 14.1. The summed E-state index contributed by atoms with van der Waals surface area (Å²) >= 11 is 0. The molecule has 142 valence electrons. The molecule has 4 nitrogen and oxygen atoms in total. The zero-order valence-electron chi connectivity index (χ0n) is 15.9. The van der Waals surface area contributed by atoms with Crippen molar-refractivity contribution in [1.82, 2.24) is 0 Å². The van der Waals surface area contributed by atoms with Gasteiger partial charge in [-0.1, -0.05) is 66.7 Å². The number of carbonyl (C=O) groups excluding carboxylic acids is 2.